The van der Waals surface area contributed by atoms with Gasteiger partial charge in [0.25, 0.3) is 5.91 Å². The number of benzene rings is 2. The minimum atomic E-state index is -0.900. The van der Waals surface area contributed by atoms with Gasteiger partial charge in [-0.3, -0.25) is 14.6 Å². The van der Waals surface area contributed by atoms with Crippen molar-refractivity contribution in [2.24, 2.45) is 0 Å². The molecule has 5 rings (SSSR count). The molecule has 174 valence electrons. The van der Waals surface area contributed by atoms with Crippen molar-refractivity contribution in [3.8, 4) is 0 Å². The maximum Gasteiger partial charge on any atom is 0.337 e. The number of furan rings is 1. The van der Waals surface area contributed by atoms with Gasteiger partial charge in [-0.25, -0.2) is 4.79 Å². The summed E-state index contributed by atoms with van der Waals surface area (Å²) < 4.78 is 10.5. The number of para-hydroxylation sites is 1. The smallest absolute Gasteiger partial charge is 0.337 e. The second-order valence-corrected chi connectivity index (χ2v) is 8.04. The Morgan fingerprint density at radius 2 is 1.77 bits per heavy atom. The summed E-state index contributed by atoms with van der Waals surface area (Å²) in [5, 5.41) is 11.6. The number of esters is 1. The standard InChI is InChI=1S/C27H20N2O6/c1-34-27(33)18-8-6-17(7-9-18)23-22(24(30)21-14-19-4-2-3-5-20(19)35-21)25(31)26(32)29(23)15-16-10-12-28-13-11-16/h2-14,23,31H,15H2,1H3/t23-/m0/s1. The molecule has 0 spiro atoms. The number of pyridine rings is 1. The molecule has 3 heterocycles. The van der Waals surface area contributed by atoms with Crippen LogP contribution in [0, 0.1) is 0 Å². The Morgan fingerprint density at radius 3 is 2.46 bits per heavy atom. The molecule has 0 aliphatic carbocycles. The highest BCUT2D eigenvalue weighted by atomic mass is 16.5. The summed E-state index contributed by atoms with van der Waals surface area (Å²) >= 11 is 0. The Balaban J connectivity index is 1.59. The van der Waals surface area contributed by atoms with Crippen LogP contribution in [0.2, 0.25) is 0 Å². The first kappa shape index (κ1) is 22.1. The minimum absolute atomic E-state index is 0.0162. The predicted molar refractivity (Wildman–Crippen MR) is 126 cm³/mol. The number of carbonyl (C=O) groups excluding carboxylic acids is 3. The van der Waals surface area contributed by atoms with E-state index in [0.29, 0.717) is 16.7 Å². The Bertz CT molecular complexity index is 1440. The lowest BCUT2D eigenvalue weighted by molar-refractivity contribution is -0.130. The fourth-order valence-electron chi connectivity index (χ4n) is 4.23. The van der Waals surface area contributed by atoms with Crippen LogP contribution in [0.1, 0.15) is 38.1 Å². The highest BCUT2D eigenvalue weighted by molar-refractivity contribution is 6.16. The molecular formula is C27H20N2O6. The summed E-state index contributed by atoms with van der Waals surface area (Å²) in [4.78, 5) is 44.1. The zero-order valence-electron chi connectivity index (χ0n) is 18.7. The van der Waals surface area contributed by atoms with Crippen molar-refractivity contribution >= 4 is 28.6 Å². The third-order valence-corrected chi connectivity index (χ3v) is 5.95. The van der Waals surface area contributed by atoms with Crippen molar-refractivity contribution in [2.75, 3.05) is 7.11 Å². The summed E-state index contributed by atoms with van der Waals surface area (Å²) in [7, 11) is 1.28. The second kappa shape index (κ2) is 8.90. The molecular weight excluding hydrogens is 448 g/mol. The second-order valence-electron chi connectivity index (χ2n) is 8.04. The molecule has 0 saturated carbocycles. The van der Waals surface area contributed by atoms with E-state index >= 15 is 0 Å². The Morgan fingerprint density at radius 1 is 1.06 bits per heavy atom. The lowest BCUT2D eigenvalue weighted by atomic mass is 9.94. The maximum absolute atomic E-state index is 13.6. The van der Waals surface area contributed by atoms with E-state index in [1.807, 2.05) is 12.1 Å². The van der Waals surface area contributed by atoms with Gasteiger partial charge in [-0.05, 0) is 47.5 Å². The van der Waals surface area contributed by atoms with Crippen molar-refractivity contribution in [3.05, 3.63) is 113 Å². The monoisotopic (exact) mass is 468 g/mol. The van der Waals surface area contributed by atoms with Gasteiger partial charge in [0, 0.05) is 24.3 Å². The van der Waals surface area contributed by atoms with E-state index < -0.39 is 29.5 Å². The van der Waals surface area contributed by atoms with Crippen LogP contribution in [0.25, 0.3) is 11.0 Å². The third-order valence-electron chi connectivity index (χ3n) is 5.95. The van der Waals surface area contributed by atoms with Gasteiger partial charge < -0.3 is 19.2 Å². The number of aromatic nitrogens is 1. The van der Waals surface area contributed by atoms with Crippen molar-refractivity contribution in [2.45, 2.75) is 12.6 Å². The first-order chi connectivity index (χ1) is 17.0. The Kier molecular flexibility index (Phi) is 5.62. The summed E-state index contributed by atoms with van der Waals surface area (Å²) in [6.07, 6.45) is 3.20. The van der Waals surface area contributed by atoms with Gasteiger partial charge in [0.1, 0.15) is 5.58 Å². The molecule has 4 aromatic rings. The number of fused-ring (bicyclic) bond motifs is 1. The number of methoxy groups -OCH3 is 1. The van der Waals surface area contributed by atoms with E-state index in [0.717, 1.165) is 10.9 Å². The van der Waals surface area contributed by atoms with Gasteiger partial charge in [-0.15, -0.1) is 0 Å². The predicted octanol–water partition coefficient (Wildman–Crippen LogP) is 4.39. The first-order valence-electron chi connectivity index (χ1n) is 10.8. The highest BCUT2D eigenvalue weighted by Crippen LogP contribution is 2.40. The molecule has 1 atom stereocenters. The van der Waals surface area contributed by atoms with Gasteiger partial charge in [-0.1, -0.05) is 30.3 Å². The van der Waals surface area contributed by atoms with E-state index in [1.165, 1.54) is 12.0 Å². The largest absolute Gasteiger partial charge is 0.503 e. The molecule has 8 nitrogen and oxygen atoms in total. The summed E-state index contributed by atoms with van der Waals surface area (Å²) in [5.74, 6) is -2.40. The number of rotatable bonds is 6. The van der Waals surface area contributed by atoms with Crippen LogP contribution in [0.3, 0.4) is 0 Å². The average molecular weight is 468 g/mol. The third kappa shape index (κ3) is 3.95. The number of carbonyl (C=O) groups is 3. The Hall–Kier alpha value is -4.72. The maximum atomic E-state index is 13.6. The number of Topliss-reactive ketones (excluding diaryl/α,β-unsaturated/α-hetero) is 1. The number of ketones is 1. The number of aliphatic hydroxyl groups excluding tert-OH is 1. The van der Waals surface area contributed by atoms with E-state index in [-0.39, 0.29) is 17.9 Å². The molecule has 2 aromatic carbocycles. The van der Waals surface area contributed by atoms with Gasteiger partial charge in [0.2, 0.25) is 5.78 Å². The summed E-state index contributed by atoms with van der Waals surface area (Å²) in [5.41, 5.74) is 2.07. The molecule has 0 unspecified atom stereocenters. The molecule has 0 bridgehead atoms. The van der Waals surface area contributed by atoms with Gasteiger partial charge >= 0.3 is 5.97 Å². The van der Waals surface area contributed by atoms with Crippen LogP contribution in [-0.2, 0) is 16.1 Å². The fourth-order valence-corrected chi connectivity index (χ4v) is 4.23. The van der Waals surface area contributed by atoms with E-state index in [9.17, 15) is 19.5 Å². The van der Waals surface area contributed by atoms with Crippen molar-refractivity contribution < 1.29 is 28.6 Å². The van der Waals surface area contributed by atoms with Gasteiger partial charge in [0.15, 0.2) is 11.5 Å². The molecule has 1 aliphatic heterocycles. The van der Waals surface area contributed by atoms with E-state index in [4.69, 9.17) is 9.15 Å². The lowest BCUT2D eigenvalue weighted by Crippen LogP contribution is -2.30. The van der Waals surface area contributed by atoms with Crippen LogP contribution < -0.4 is 0 Å². The zero-order valence-corrected chi connectivity index (χ0v) is 18.7. The van der Waals surface area contributed by atoms with Gasteiger partial charge in [0.05, 0.1) is 24.3 Å². The first-order valence-corrected chi connectivity index (χ1v) is 10.8. The quantitative estimate of drug-likeness (QED) is 0.330. The number of ether oxygens (including phenoxy) is 1. The molecule has 1 amide bonds. The van der Waals surface area contributed by atoms with Crippen molar-refractivity contribution in [1.82, 2.24) is 9.88 Å². The molecule has 1 aliphatic rings. The number of aliphatic hydroxyl groups is 1. The van der Waals surface area contributed by atoms with Gasteiger partial charge in [-0.2, -0.15) is 0 Å². The normalized spacial score (nSPS) is 15.6. The fraction of sp³-hybridized carbons (Fsp3) is 0.111. The summed E-state index contributed by atoms with van der Waals surface area (Å²) in [6, 6.07) is 17.7. The van der Waals surface area contributed by atoms with Crippen molar-refractivity contribution in [3.63, 3.8) is 0 Å². The number of hydrogen-bond acceptors (Lipinski definition) is 7. The molecule has 1 N–H and O–H groups in total. The molecule has 0 saturated heterocycles. The zero-order chi connectivity index (χ0) is 24.5. The number of nitrogens with zero attached hydrogens (tertiary/aromatic N) is 2. The van der Waals surface area contributed by atoms with E-state index in [1.54, 1.807) is 67.0 Å². The highest BCUT2D eigenvalue weighted by Gasteiger charge is 2.44. The van der Waals surface area contributed by atoms with Crippen LogP contribution in [0.4, 0.5) is 0 Å². The Labute approximate surface area is 200 Å². The molecule has 8 heteroatoms. The lowest BCUT2D eigenvalue weighted by Gasteiger charge is -2.27. The molecule has 0 fully saturated rings. The van der Waals surface area contributed by atoms with Crippen LogP contribution in [-0.4, -0.2) is 39.8 Å². The number of hydrogen-bond donors (Lipinski definition) is 1. The van der Waals surface area contributed by atoms with Crippen LogP contribution >= 0.6 is 0 Å². The summed E-state index contributed by atoms with van der Waals surface area (Å²) in [6.45, 7) is 0.131. The van der Waals surface area contributed by atoms with Crippen molar-refractivity contribution in [1.29, 1.82) is 0 Å². The average Bonchev–Trinajstić information content (AvgIpc) is 3.43. The number of amides is 1. The van der Waals surface area contributed by atoms with Crippen LogP contribution in [0.5, 0.6) is 0 Å². The van der Waals surface area contributed by atoms with E-state index in [2.05, 4.69) is 4.98 Å². The topological polar surface area (TPSA) is 110 Å². The minimum Gasteiger partial charge on any atom is -0.503 e. The SMILES string of the molecule is COC(=O)c1ccc([C@H]2C(C(=O)c3cc4ccccc4o3)=C(O)C(=O)N2Cc2ccncc2)cc1. The molecule has 35 heavy (non-hydrogen) atoms. The van der Waals surface area contributed by atoms with Crippen LogP contribution in [0.15, 0.2) is 94.9 Å². The molecule has 0 radical (unpaired) electrons. The molecule has 2 aromatic heterocycles.